The molecule has 1 heterocycles. The van der Waals surface area contributed by atoms with Crippen molar-refractivity contribution in [3.63, 3.8) is 0 Å². The van der Waals surface area contributed by atoms with Crippen LogP contribution in [-0.2, 0) is 13.1 Å². The second-order valence-corrected chi connectivity index (χ2v) is 6.03. The predicted octanol–water partition coefficient (Wildman–Crippen LogP) is 1.82. The number of halogens is 1. The monoisotopic (exact) mass is 316 g/mol. The first-order chi connectivity index (χ1) is 11.0. The minimum absolute atomic E-state index is 0.178. The average Bonchev–Trinajstić information content (AvgIpc) is 3.33. The Labute approximate surface area is 135 Å². The zero-order valence-corrected chi connectivity index (χ0v) is 13.4. The second-order valence-electron chi connectivity index (χ2n) is 6.03. The molecule has 0 radical (unpaired) electrons. The molecule has 6 nitrogen and oxygen atoms in total. The Morgan fingerprint density at radius 1 is 1.13 bits per heavy atom. The van der Waals surface area contributed by atoms with Crippen molar-refractivity contribution in [2.45, 2.75) is 32.0 Å². The van der Waals surface area contributed by atoms with Gasteiger partial charge in [0.15, 0.2) is 0 Å². The third-order valence-electron chi connectivity index (χ3n) is 3.83. The van der Waals surface area contributed by atoms with Crippen molar-refractivity contribution in [3.8, 4) is 0 Å². The second kappa shape index (κ2) is 6.45. The molecule has 1 saturated carbocycles. The zero-order chi connectivity index (χ0) is 16.4. The highest BCUT2D eigenvalue weighted by molar-refractivity contribution is 5.32. The normalized spacial score (nSPS) is 14.3. The van der Waals surface area contributed by atoms with Gasteiger partial charge in [-0.2, -0.15) is 15.0 Å². The molecule has 23 heavy (non-hydrogen) atoms. The van der Waals surface area contributed by atoms with Crippen molar-refractivity contribution in [1.29, 1.82) is 0 Å². The van der Waals surface area contributed by atoms with Crippen LogP contribution in [0.25, 0.3) is 0 Å². The molecular weight excluding hydrogens is 295 g/mol. The van der Waals surface area contributed by atoms with E-state index in [1.54, 1.807) is 11.0 Å². The van der Waals surface area contributed by atoms with Gasteiger partial charge in [-0.05, 0) is 18.9 Å². The standard InChI is InChI=1S/C16H21FN6/c1-22(2)16-20-14(19-15(18)21-16)10-23(12-7-8-12)9-11-5-3-4-6-13(11)17/h3-6,12H,7-10H2,1-2H3,(H2,18,19,20,21). The predicted molar refractivity (Wildman–Crippen MR) is 87.2 cm³/mol. The van der Waals surface area contributed by atoms with Gasteiger partial charge in [0.25, 0.3) is 0 Å². The van der Waals surface area contributed by atoms with Crippen LogP contribution in [0.1, 0.15) is 24.2 Å². The summed E-state index contributed by atoms with van der Waals surface area (Å²) < 4.78 is 13.9. The largest absolute Gasteiger partial charge is 0.368 e. The van der Waals surface area contributed by atoms with E-state index >= 15 is 0 Å². The number of nitrogens with zero attached hydrogens (tertiary/aromatic N) is 5. The Morgan fingerprint density at radius 2 is 1.87 bits per heavy atom. The van der Waals surface area contributed by atoms with E-state index in [1.807, 2.05) is 26.2 Å². The molecule has 1 aromatic carbocycles. The van der Waals surface area contributed by atoms with Crippen molar-refractivity contribution < 1.29 is 4.39 Å². The molecule has 1 aliphatic carbocycles. The topological polar surface area (TPSA) is 71.2 Å². The van der Waals surface area contributed by atoms with Gasteiger partial charge in [0.1, 0.15) is 11.6 Å². The number of nitrogen functional groups attached to an aromatic ring is 1. The Balaban J connectivity index is 1.79. The molecule has 0 atom stereocenters. The maximum absolute atomic E-state index is 13.9. The SMILES string of the molecule is CN(C)c1nc(N)nc(CN(Cc2ccccc2F)C2CC2)n1. The highest BCUT2D eigenvalue weighted by Gasteiger charge is 2.30. The lowest BCUT2D eigenvalue weighted by molar-refractivity contribution is 0.236. The van der Waals surface area contributed by atoms with E-state index in [1.165, 1.54) is 6.07 Å². The van der Waals surface area contributed by atoms with Crippen LogP contribution < -0.4 is 10.6 Å². The summed E-state index contributed by atoms with van der Waals surface area (Å²) in [5.74, 6) is 1.18. The Hall–Kier alpha value is -2.28. The number of anilines is 2. The summed E-state index contributed by atoms with van der Waals surface area (Å²) >= 11 is 0. The van der Waals surface area contributed by atoms with E-state index in [2.05, 4.69) is 19.9 Å². The number of nitrogens with two attached hydrogens (primary N) is 1. The molecule has 122 valence electrons. The number of hydrogen-bond acceptors (Lipinski definition) is 6. The third-order valence-corrected chi connectivity index (χ3v) is 3.83. The van der Waals surface area contributed by atoms with Gasteiger partial charge in [-0.25, -0.2) is 4.39 Å². The molecule has 0 bridgehead atoms. The maximum atomic E-state index is 13.9. The number of rotatable bonds is 6. The summed E-state index contributed by atoms with van der Waals surface area (Å²) in [7, 11) is 3.72. The van der Waals surface area contributed by atoms with Gasteiger partial charge in [-0.15, -0.1) is 0 Å². The summed E-state index contributed by atoms with van der Waals surface area (Å²) in [6.45, 7) is 1.08. The quantitative estimate of drug-likeness (QED) is 0.876. The van der Waals surface area contributed by atoms with Crippen LogP contribution in [0.4, 0.5) is 16.3 Å². The van der Waals surface area contributed by atoms with Gasteiger partial charge in [0.2, 0.25) is 11.9 Å². The van der Waals surface area contributed by atoms with Crippen LogP contribution in [0.15, 0.2) is 24.3 Å². The molecule has 1 fully saturated rings. The third kappa shape index (κ3) is 3.92. The van der Waals surface area contributed by atoms with Gasteiger partial charge in [-0.1, -0.05) is 18.2 Å². The van der Waals surface area contributed by atoms with Crippen LogP contribution in [0, 0.1) is 5.82 Å². The van der Waals surface area contributed by atoms with Gasteiger partial charge in [0.05, 0.1) is 6.54 Å². The molecule has 0 spiro atoms. The Morgan fingerprint density at radius 3 is 2.52 bits per heavy atom. The van der Waals surface area contributed by atoms with Crippen LogP contribution in [0.3, 0.4) is 0 Å². The fourth-order valence-electron chi connectivity index (χ4n) is 2.48. The molecular formula is C16H21FN6. The Kier molecular flexibility index (Phi) is 4.38. The molecule has 3 rings (SSSR count). The molecule has 2 aromatic rings. The minimum Gasteiger partial charge on any atom is -0.368 e. The fraction of sp³-hybridized carbons (Fsp3) is 0.438. The highest BCUT2D eigenvalue weighted by Crippen LogP contribution is 2.30. The van der Waals surface area contributed by atoms with E-state index < -0.39 is 0 Å². The first-order valence-corrected chi connectivity index (χ1v) is 7.68. The number of benzene rings is 1. The summed E-state index contributed by atoms with van der Waals surface area (Å²) in [5, 5.41) is 0. The molecule has 1 aliphatic rings. The van der Waals surface area contributed by atoms with E-state index in [9.17, 15) is 4.39 Å². The molecule has 1 aromatic heterocycles. The summed E-state index contributed by atoms with van der Waals surface area (Å²) in [6.07, 6.45) is 2.24. The van der Waals surface area contributed by atoms with Crippen LogP contribution in [0.5, 0.6) is 0 Å². The first-order valence-electron chi connectivity index (χ1n) is 7.68. The molecule has 0 unspecified atom stereocenters. The van der Waals surface area contributed by atoms with Crippen LogP contribution in [0.2, 0.25) is 0 Å². The van der Waals surface area contributed by atoms with Crippen molar-refractivity contribution in [1.82, 2.24) is 19.9 Å². The van der Waals surface area contributed by atoms with Gasteiger partial charge >= 0.3 is 0 Å². The van der Waals surface area contributed by atoms with E-state index in [0.717, 1.165) is 12.8 Å². The average molecular weight is 316 g/mol. The summed E-state index contributed by atoms with van der Waals surface area (Å²) in [5.41, 5.74) is 6.46. The van der Waals surface area contributed by atoms with Gasteiger partial charge in [-0.3, -0.25) is 4.90 Å². The number of aromatic nitrogens is 3. The molecule has 0 saturated heterocycles. The number of hydrogen-bond donors (Lipinski definition) is 1. The van der Waals surface area contributed by atoms with Crippen molar-refractivity contribution in [2.75, 3.05) is 24.7 Å². The maximum Gasteiger partial charge on any atom is 0.229 e. The van der Waals surface area contributed by atoms with E-state index in [4.69, 9.17) is 5.73 Å². The zero-order valence-electron chi connectivity index (χ0n) is 13.4. The van der Waals surface area contributed by atoms with E-state index in [-0.39, 0.29) is 11.8 Å². The van der Waals surface area contributed by atoms with Crippen molar-refractivity contribution in [3.05, 3.63) is 41.5 Å². The summed E-state index contributed by atoms with van der Waals surface area (Å²) in [6, 6.07) is 7.32. The van der Waals surface area contributed by atoms with Gasteiger partial charge < -0.3 is 10.6 Å². The smallest absolute Gasteiger partial charge is 0.229 e. The molecule has 2 N–H and O–H groups in total. The summed E-state index contributed by atoms with van der Waals surface area (Å²) in [4.78, 5) is 16.8. The lowest BCUT2D eigenvalue weighted by Gasteiger charge is -2.22. The van der Waals surface area contributed by atoms with Crippen molar-refractivity contribution in [2.24, 2.45) is 0 Å². The van der Waals surface area contributed by atoms with Crippen LogP contribution >= 0.6 is 0 Å². The lowest BCUT2D eigenvalue weighted by Crippen LogP contribution is -2.27. The minimum atomic E-state index is -0.178. The van der Waals surface area contributed by atoms with Crippen molar-refractivity contribution >= 4 is 11.9 Å². The molecule has 0 amide bonds. The lowest BCUT2D eigenvalue weighted by atomic mass is 10.2. The van der Waals surface area contributed by atoms with Crippen LogP contribution in [-0.4, -0.2) is 40.0 Å². The first kappa shape index (κ1) is 15.6. The molecule has 0 aliphatic heterocycles. The Bertz CT molecular complexity index is 686. The molecule has 7 heteroatoms. The van der Waals surface area contributed by atoms with E-state index in [0.29, 0.717) is 36.5 Å². The fourth-order valence-corrected chi connectivity index (χ4v) is 2.48. The highest BCUT2D eigenvalue weighted by atomic mass is 19.1. The van der Waals surface area contributed by atoms with Gasteiger partial charge in [0, 0.05) is 32.2 Å².